The standard InChI is InChI=1S/C14H15N3O/c1-4-10(3)17-12(13(15)16-14(17)18)11-7-5-6-9(2)8-11/h1,5-8,10,12H,2-3H3,(H2,15,16,18). The summed E-state index contributed by atoms with van der Waals surface area (Å²) in [6, 6.07) is 6.76. The average Bonchev–Trinajstić information content (AvgIpc) is 2.63. The first-order valence-electron chi connectivity index (χ1n) is 5.73. The topological polar surface area (TPSA) is 58.7 Å². The van der Waals surface area contributed by atoms with Gasteiger partial charge in [0.05, 0.1) is 6.04 Å². The smallest absolute Gasteiger partial charge is 0.347 e. The zero-order valence-corrected chi connectivity index (χ0v) is 10.4. The average molecular weight is 241 g/mol. The predicted octanol–water partition coefficient (Wildman–Crippen LogP) is 1.85. The molecule has 4 heteroatoms. The van der Waals surface area contributed by atoms with Crippen molar-refractivity contribution in [2.75, 3.05) is 0 Å². The zero-order valence-electron chi connectivity index (χ0n) is 10.4. The molecule has 2 atom stereocenters. The molecular formula is C14H15N3O. The van der Waals surface area contributed by atoms with Crippen molar-refractivity contribution in [3.63, 3.8) is 0 Å². The second-order valence-electron chi connectivity index (χ2n) is 4.39. The van der Waals surface area contributed by atoms with Crippen LogP contribution >= 0.6 is 0 Å². The number of aryl methyl sites for hydroxylation is 1. The molecular weight excluding hydrogens is 226 g/mol. The van der Waals surface area contributed by atoms with E-state index in [2.05, 4.69) is 10.9 Å². The van der Waals surface area contributed by atoms with Gasteiger partial charge in [-0.2, -0.15) is 4.99 Å². The molecule has 1 aliphatic heterocycles. The molecule has 2 unspecified atom stereocenters. The molecule has 0 saturated carbocycles. The largest absolute Gasteiger partial charge is 0.385 e. The molecule has 18 heavy (non-hydrogen) atoms. The number of carbonyl (C=O) groups is 1. The van der Waals surface area contributed by atoms with Crippen LogP contribution in [0.3, 0.4) is 0 Å². The second-order valence-corrected chi connectivity index (χ2v) is 4.39. The fraction of sp³-hybridized carbons (Fsp3) is 0.286. The molecule has 1 aliphatic rings. The number of terminal acetylenes is 1. The van der Waals surface area contributed by atoms with Gasteiger partial charge in [-0.15, -0.1) is 6.42 Å². The summed E-state index contributed by atoms with van der Waals surface area (Å²) in [5.41, 5.74) is 7.89. The summed E-state index contributed by atoms with van der Waals surface area (Å²) in [4.78, 5) is 17.2. The molecule has 2 N–H and O–H groups in total. The van der Waals surface area contributed by atoms with Gasteiger partial charge in [0.2, 0.25) is 0 Å². The van der Waals surface area contributed by atoms with Crippen LogP contribution in [0.1, 0.15) is 24.1 Å². The number of urea groups is 1. The Morgan fingerprint density at radius 3 is 2.89 bits per heavy atom. The van der Waals surface area contributed by atoms with E-state index in [0.29, 0.717) is 5.84 Å². The Kier molecular flexibility index (Phi) is 3.07. The van der Waals surface area contributed by atoms with E-state index >= 15 is 0 Å². The Morgan fingerprint density at radius 2 is 2.28 bits per heavy atom. The maximum atomic E-state index is 11.8. The first-order valence-corrected chi connectivity index (χ1v) is 5.73. The third-order valence-corrected chi connectivity index (χ3v) is 3.02. The summed E-state index contributed by atoms with van der Waals surface area (Å²) in [5.74, 6) is 2.85. The van der Waals surface area contributed by atoms with Crippen LogP contribution in [0.5, 0.6) is 0 Å². The number of amides is 2. The van der Waals surface area contributed by atoms with E-state index in [1.54, 1.807) is 6.92 Å². The minimum atomic E-state index is -0.371. The highest BCUT2D eigenvalue weighted by Crippen LogP contribution is 2.29. The lowest BCUT2D eigenvalue weighted by Gasteiger charge is -2.27. The van der Waals surface area contributed by atoms with E-state index in [0.717, 1.165) is 11.1 Å². The van der Waals surface area contributed by atoms with E-state index in [4.69, 9.17) is 12.2 Å². The Balaban J connectivity index is 2.44. The summed E-state index contributed by atoms with van der Waals surface area (Å²) in [7, 11) is 0. The number of hydrogen-bond donors (Lipinski definition) is 1. The molecule has 0 fully saturated rings. The number of hydrogen-bond acceptors (Lipinski definition) is 2. The number of nitrogens with zero attached hydrogens (tertiary/aromatic N) is 2. The fourth-order valence-electron chi connectivity index (χ4n) is 2.12. The van der Waals surface area contributed by atoms with Crippen LogP contribution in [-0.4, -0.2) is 22.8 Å². The Hall–Kier alpha value is -2.28. The van der Waals surface area contributed by atoms with E-state index in [1.807, 2.05) is 31.2 Å². The number of benzene rings is 1. The van der Waals surface area contributed by atoms with Crippen molar-refractivity contribution >= 4 is 11.9 Å². The molecule has 2 amide bonds. The van der Waals surface area contributed by atoms with Gasteiger partial charge in [0.15, 0.2) is 0 Å². The highest BCUT2D eigenvalue weighted by atomic mass is 16.2. The van der Waals surface area contributed by atoms with Gasteiger partial charge in [0, 0.05) is 0 Å². The SMILES string of the molecule is C#CC(C)N1C(=O)N=C(N)C1c1cccc(C)c1. The lowest BCUT2D eigenvalue weighted by Crippen LogP contribution is -2.38. The molecule has 92 valence electrons. The van der Waals surface area contributed by atoms with Gasteiger partial charge < -0.3 is 5.73 Å². The second kappa shape index (κ2) is 4.53. The lowest BCUT2D eigenvalue weighted by atomic mass is 10.0. The molecule has 0 bridgehead atoms. The number of carbonyl (C=O) groups excluding carboxylic acids is 1. The van der Waals surface area contributed by atoms with Crippen LogP contribution in [0.2, 0.25) is 0 Å². The molecule has 0 aliphatic carbocycles. The van der Waals surface area contributed by atoms with E-state index < -0.39 is 0 Å². The van der Waals surface area contributed by atoms with Crippen molar-refractivity contribution in [1.29, 1.82) is 0 Å². The monoisotopic (exact) mass is 241 g/mol. The highest BCUT2D eigenvalue weighted by Gasteiger charge is 2.37. The first kappa shape index (κ1) is 12.2. The summed E-state index contributed by atoms with van der Waals surface area (Å²) in [6.07, 6.45) is 5.39. The summed E-state index contributed by atoms with van der Waals surface area (Å²) in [5, 5.41) is 0. The van der Waals surface area contributed by atoms with Crippen molar-refractivity contribution in [2.24, 2.45) is 10.7 Å². The van der Waals surface area contributed by atoms with Gasteiger partial charge in [-0.3, -0.25) is 4.90 Å². The first-order chi connectivity index (χ1) is 8.54. The Labute approximate surface area is 107 Å². The predicted molar refractivity (Wildman–Crippen MR) is 71.1 cm³/mol. The molecule has 1 aromatic rings. The number of amidine groups is 1. The minimum Gasteiger partial charge on any atom is -0.385 e. The number of nitrogens with two attached hydrogens (primary N) is 1. The molecule has 4 nitrogen and oxygen atoms in total. The molecule has 0 radical (unpaired) electrons. The fourth-order valence-corrected chi connectivity index (χ4v) is 2.12. The van der Waals surface area contributed by atoms with Crippen LogP contribution < -0.4 is 5.73 Å². The van der Waals surface area contributed by atoms with Gasteiger partial charge in [-0.1, -0.05) is 35.7 Å². The summed E-state index contributed by atoms with van der Waals surface area (Å²) < 4.78 is 0. The van der Waals surface area contributed by atoms with Crippen molar-refractivity contribution in [2.45, 2.75) is 25.9 Å². The third kappa shape index (κ3) is 1.95. The highest BCUT2D eigenvalue weighted by molar-refractivity contribution is 6.03. The van der Waals surface area contributed by atoms with E-state index in [-0.39, 0.29) is 18.1 Å². The molecule has 0 aromatic heterocycles. The maximum Gasteiger partial charge on any atom is 0.347 e. The normalized spacial score (nSPS) is 20.5. The van der Waals surface area contributed by atoms with E-state index in [9.17, 15) is 4.79 Å². The van der Waals surface area contributed by atoms with Gasteiger partial charge >= 0.3 is 6.03 Å². The quantitative estimate of drug-likeness (QED) is 0.803. The summed E-state index contributed by atoms with van der Waals surface area (Å²) in [6.45, 7) is 3.78. The maximum absolute atomic E-state index is 11.8. The molecule has 2 rings (SSSR count). The van der Waals surface area contributed by atoms with Crippen molar-refractivity contribution in [3.05, 3.63) is 35.4 Å². The van der Waals surface area contributed by atoms with Gasteiger partial charge in [-0.05, 0) is 19.4 Å². The number of aliphatic imine (C=N–C) groups is 1. The zero-order chi connectivity index (χ0) is 13.3. The molecule has 1 aromatic carbocycles. The molecule has 1 heterocycles. The van der Waals surface area contributed by atoms with Gasteiger partial charge in [0.1, 0.15) is 11.9 Å². The lowest BCUT2D eigenvalue weighted by molar-refractivity contribution is 0.199. The van der Waals surface area contributed by atoms with Crippen LogP contribution in [0.4, 0.5) is 4.79 Å². The molecule has 0 spiro atoms. The number of rotatable bonds is 2. The van der Waals surface area contributed by atoms with E-state index in [1.165, 1.54) is 4.90 Å². The van der Waals surface area contributed by atoms with Crippen molar-refractivity contribution in [3.8, 4) is 12.3 Å². The van der Waals surface area contributed by atoms with Crippen LogP contribution in [0.15, 0.2) is 29.3 Å². The Morgan fingerprint density at radius 1 is 1.56 bits per heavy atom. The van der Waals surface area contributed by atoms with Crippen LogP contribution in [0, 0.1) is 19.3 Å². The van der Waals surface area contributed by atoms with Gasteiger partial charge in [-0.25, -0.2) is 4.79 Å². The minimum absolute atomic E-state index is 0.299. The van der Waals surface area contributed by atoms with Crippen LogP contribution in [0.25, 0.3) is 0 Å². The van der Waals surface area contributed by atoms with Crippen molar-refractivity contribution < 1.29 is 4.79 Å². The third-order valence-electron chi connectivity index (χ3n) is 3.02. The molecule has 0 saturated heterocycles. The van der Waals surface area contributed by atoms with Crippen molar-refractivity contribution in [1.82, 2.24) is 4.90 Å². The summed E-state index contributed by atoms with van der Waals surface area (Å²) >= 11 is 0. The van der Waals surface area contributed by atoms with Gasteiger partial charge in [0.25, 0.3) is 0 Å². The van der Waals surface area contributed by atoms with Crippen LogP contribution in [-0.2, 0) is 0 Å². The Bertz CT molecular complexity index is 556.